The third-order valence-electron chi connectivity index (χ3n) is 6.16. The molecule has 3 aromatic carbocycles. The Kier molecular flexibility index (Phi) is 6.05. The van der Waals surface area contributed by atoms with Crippen molar-refractivity contribution in [3.8, 4) is 5.75 Å². The minimum atomic E-state index is -1.18. The van der Waals surface area contributed by atoms with Gasteiger partial charge in [0.15, 0.2) is 5.13 Å². The molecule has 4 aromatic rings. The van der Waals surface area contributed by atoms with E-state index < -0.39 is 23.5 Å². The molecule has 5 rings (SSSR count). The lowest BCUT2D eigenvalue weighted by atomic mass is 9.93. The number of carbonyl (C=O) groups excluding carboxylic acids is 2. The van der Waals surface area contributed by atoms with Gasteiger partial charge in [-0.3, -0.25) is 14.5 Å². The van der Waals surface area contributed by atoms with Gasteiger partial charge in [0.1, 0.15) is 23.4 Å². The van der Waals surface area contributed by atoms with Crippen LogP contribution in [0.25, 0.3) is 16.0 Å². The van der Waals surface area contributed by atoms with Crippen molar-refractivity contribution in [1.29, 1.82) is 0 Å². The highest BCUT2D eigenvalue weighted by atomic mass is 32.1. The van der Waals surface area contributed by atoms with Crippen LogP contribution in [0.4, 0.5) is 9.52 Å². The number of Topliss-reactive ketones (excluding diaryl/α,β-unsaturated/α-hetero) is 1. The second-order valence-corrected chi connectivity index (χ2v) is 9.58. The van der Waals surface area contributed by atoms with Crippen LogP contribution in [0.15, 0.2) is 66.2 Å². The fraction of sp³-hybridized carbons (Fsp3) is 0.179. The predicted octanol–water partition coefficient (Wildman–Crippen LogP) is 6.08. The average molecular weight is 503 g/mol. The van der Waals surface area contributed by atoms with Gasteiger partial charge in [-0.25, -0.2) is 9.37 Å². The Hall–Kier alpha value is -4.04. The lowest BCUT2D eigenvalue weighted by molar-refractivity contribution is -0.132. The summed E-state index contributed by atoms with van der Waals surface area (Å²) >= 11 is 1.19. The van der Waals surface area contributed by atoms with Gasteiger partial charge in [-0.15, -0.1) is 0 Å². The van der Waals surface area contributed by atoms with Crippen LogP contribution in [0.1, 0.15) is 35.2 Å². The van der Waals surface area contributed by atoms with Crippen LogP contribution in [0.5, 0.6) is 5.75 Å². The summed E-state index contributed by atoms with van der Waals surface area (Å²) in [5.41, 5.74) is 2.54. The number of thiazole rings is 1. The lowest BCUT2D eigenvalue weighted by Gasteiger charge is -2.23. The molecule has 0 spiro atoms. The molecule has 1 atom stereocenters. The second kappa shape index (κ2) is 9.20. The zero-order valence-corrected chi connectivity index (χ0v) is 20.7. The number of anilines is 1. The molecule has 0 bridgehead atoms. The molecule has 1 aliphatic rings. The summed E-state index contributed by atoms with van der Waals surface area (Å²) in [4.78, 5) is 32.5. The number of ether oxygens (including phenoxy) is 1. The highest BCUT2D eigenvalue weighted by molar-refractivity contribution is 7.22. The minimum Gasteiger partial charge on any atom is -0.507 e. The van der Waals surface area contributed by atoms with Gasteiger partial charge in [0.2, 0.25) is 0 Å². The van der Waals surface area contributed by atoms with Gasteiger partial charge in [-0.1, -0.05) is 47.2 Å². The number of aromatic nitrogens is 1. The smallest absolute Gasteiger partial charge is 0.301 e. The van der Waals surface area contributed by atoms with Gasteiger partial charge in [-0.05, 0) is 56.7 Å². The van der Waals surface area contributed by atoms with Crippen LogP contribution in [-0.2, 0) is 9.59 Å². The van der Waals surface area contributed by atoms with E-state index in [1.54, 1.807) is 31.2 Å². The first-order valence-corrected chi connectivity index (χ1v) is 12.3. The fourth-order valence-corrected chi connectivity index (χ4v) is 5.43. The third kappa shape index (κ3) is 3.93. The molecule has 0 radical (unpaired) electrons. The Labute approximate surface area is 211 Å². The van der Waals surface area contributed by atoms with E-state index in [2.05, 4.69) is 4.98 Å². The fourth-order valence-electron chi connectivity index (χ4n) is 4.41. The van der Waals surface area contributed by atoms with Gasteiger partial charge in [0.25, 0.3) is 5.78 Å². The number of fused-ring (bicyclic) bond motifs is 1. The topological polar surface area (TPSA) is 79.7 Å². The largest absolute Gasteiger partial charge is 0.507 e. The molecule has 1 aromatic heterocycles. The van der Waals surface area contributed by atoms with Gasteiger partial charge < -0.3 is 9.84 Å². The molecule has 1 saturated heterocycles. The third-order valence-corrected chi connectivity index (χ3v) is 7.18. The molecule has 1 fully saturated rings. The Morgan fingerprint density at radius 2 is 1.89 bits per heavy atom. The van der Waals surface area contributed by atoms with Crippen molar-refractivity contribution < 1.29 is 23.8 Å². The van der Waals surface area contributed by atoms with Crippen molar-refractivity contribution in [2.24, 2.45) is 0 Å². The standard InChI is InChI=1S/C28H23FN2O4S/c1-4-35-17-11-12-21-22(14-17)36-28(30-21)31-24(18-7-5-6-8-20(18)29)23(26(33)27(31)34)25(32)19-13-15(2)9-10-16(19)3/h5-14,24,32H,4H2,1-3H3/b25-23+. The Bertz CT molecular complexity index is 1560. The van der Waals surface area contributed by atoms with E-state index in [-0.39, 0.29) is 22.0 Å². The predicted molar refractivity (Wildman–Crippen MR) is 138 cm³/mol. The number of aliphatic hydroxyl groups excluding tert-OH is 1. The van der Waals surface area contributed by atoms with Crippen LogP contribution in [0, 0.1) is 19.7 Å². The number of aryl methyl sites for hydroxylation is 2. The van der Waals surface area contributed by atoms with Crippen molar-refractivity contribution >= 4 is 44.1 Å². The van der Waals surface area contributed by atoms with E-state index in [1.807, 2.05) is 32.0 Å². The van der Waals surface area contributed by atoms with Gasteiger partial charge >= 0.3 is 5.91 Å². The van der Waals surface area contributed by atoms with Crippen molar-refractivity contribution in [2.45, 2.75) is 26.8 Å². The first-order chi connectivity index (χ1) is 17.3. The molecule has 1 N–H and O–H groups in total. The highest BCUT2D eigenvalue weighted by Crippen LogP contribution is 2.45. The van der Waals surface area contributed by atoms with Gasteiger partial charge in [0, 0.05) is 11.1 Å². The van der Waals surface area contributed by atoms with Crippen molar-refractivity contribution in [3.63, 3.8) is 0 Å². The number of carbonyl (C=O) groups is 2. The molecule has 6 nitrogen and oxygen atoms in total. The average Bonchev–Trinajstić information content (AvgIpc) is 3.38. The zero-order valence-electron chi connectivity index (χ0n) is 19.9. The first kappa shape index (κ1) is 23.7. The van der Waals surface area contributed by atoms with Crippen LogP contribution in [-0.4, -0.2) is 28.4 Å². The Balaban J connectivity index is 1.74. The number of hydrogen-bond donors (Lipinski definition) is 1. The summed E-state index contributed by atoms with van der Waals surface area (Å²) in [7, 11) is 0. The maximum atomic E-state index is 15.1. The monoisotopic (exact) mass is 502 g/mol. The molecular weight excluding hydrogens is 479 g/mol. The second-order valence-electron chi connectivity index (χ2n) is 8.57. The molecule has 2 heterocycles. The first-order valence-electron chi connectivity index (χ1n) is 11.5. The number of ketones is 1. The summed E-state index contributed by atoms with van der Waals surface area (Å²) in [6.07, 6.45) is 0. The van der Waals surface area contributed by atoms with Crippen molar-refractivity contribution in [2.75, 3.05) is 11.5 Å². The molecule has 1 unspecified atom stereocenters. The lowest BCUT2D eigenvalue weighted by Crippen LogP contribution is -2.29. The molecule has 8 heteroatoms. The molecule has 1 amide bonds. The van der Waals surface area contributed by atoms with Crippen LogP contribution >= 0.6 is 11.3 Å². The molecule has 1 aliphatic heterocycles. The molecule has 36 heavy (non-hydrogen) atoms. The Morgan fingerprint density at radius 3 is 2.64 bits per heavy atom. The number of aliphatic hydroxyl groups is 1. The number of hydrogen-bond acceptors (Lipinski definition) is 6. The number of nitrogens with zero attached hydrogens (tertiary/aromatic N) is 2. The number of rotatable bonds is 5. The van der Waals surface area contributed by atoms with E-state index >= 15 is 4.39 Å². The molecule has 182 valence electrons. The summed E-state index contributed by atoms with van der Waals surface area (Å²) in [5, 5.41) is 11.6. The quantitative estimate of drug-likeness (QED) is 0.203. The zero-order chi connectivity index (χ0) is 25.6. The SMILES string of the molecule is CCOc1ccc2nc(N3C(=O)C(=O)/C(=C(/O)c4cc(C)ccc4C)C3c3ccccc3F)sc2c1. The molecular formula is C28H23FN2O4S. The summed E-state index contributed by atoms with van der Waals surface area (Å²) in [6, 6.07) is 15.6. The summed E-state index contributed by atoms with van der Waals surface area (Å²) in [5.74, 6) is -2.05. The molecule has 0 aliphatic carbocycles. The van der Waals surface area contributed by atoms with E-state index in [4.69, 9.17) is 4.74 Å². The van der Waals surface area contributed by atoms with Crippen molar-refractivity contribution in [1.82, 2.24) is 4.98 Å². The highest BCUT2D eigenvalue weighted by Gasteiger charge is 2.49. The number of amides is 1. The number of halogens is 1. The van der Waals surface area contributed by atoms with Gasteiger partial charge in [0.05, 0.1) is 22.4 Å². The summed E-state index contributed by atoms with van der Waals surface area (Å²) in [6.45, 7) is 6.04. The minimum absolute atomic E-state index is 0.0952. The van der Waals surface area contributed by atoms with Gasteiger partial charge in [-0.2, -0.15) is 0 Å². The van der Waals surface area contributed by atoms with Crippen LogP contribution < -0.4 is 9.64 Å². The van der Waals surface area contributed by atoms with Crippen molar-refractivity contribution in [3.05, 3.63) is 94.3 Å². The van der Waals surface area contributed by atoms with E-state index in [0.29, 0.717) is 23.4 Å². The summed E-state index contributed by atoms with van der Waals surface area (Å²) < 4.78 is 21.4. The van der Waals surface area contributed by atoms with E-state index in [0.717, 1.165) is 15.8 Å². The van der Waals surface area contributed by atoms with Crippen LogP contribution in [0.2, 0.25) is 0 Å². The van der Waals surface area contributed by atoms with Crippen LogP contribution in [0.3, 0.4) is 0 Å². The van der Waals surface area contributed by atoms with E-state index in [9.17, 15) is 14.7 Å². The molecule has 0 saturated carbocycles. The maximum absolute atomic E-state index is 15.1. The number of benzene rings is 3. The Morgan fingerprint density at radius 1 is 1.11 bits per heavy atom. The van der Waals surface area contributed by atoms with E-state index in [1.165, 1.54) is 34.4 Å². The maximum Gasteiger partial charge on any atom is 0.301 e. The normalized spacial score (nSPS) is 17.2.